The largest absolute Gasteiger partial charge is 0.218 e. The monoisotopic (exact) mass is 734 g/mol. The molecule has 7 aromatic carbocycles. The molecule has 2 heterocycles. The molecule has 258 valence electrons. The number of sulfone groups is 2. The maximum absolute atomic E-state index is 14.2. The minimum absolute atomic E-state index is 0.209. The Morgan fingerprint density at radius 1 is 0.315 bits per heavy atom. The van der Waals surface area contributed by atoms with Crippen LogP contribution in [0.4, 0.5) is 0 Å². The molecule has 0 aliphatic carbocycles. The van der Waals surface area contributed by atoms with E-state index in [0.717, 1.165) is 22.3 Å². The Morgan fingerprint density at radius 2 is 0.574 bits per heavy atom. The van der Waals surface area contributed by atoms with Crippen molar-refractivity contribution in [3.63, 3.8) is 0 Å². The van der Waals surface area contributed by atoms with Gasteiger partial charge in [-0.25, -0.2) is 16.8 Å². The van der Waals surface area contributed by atoms with Gasteiger partial charge in [-0.2, -0.15) is 0 Å². The van der Waals surface area contributed by atoms with E-state index in [-0.39, 0.29) is 19.6 Å². The third-order valence-electron chi connectivity index (χ3n) is 10.4. The predicted molar refractivity (Wildman–Crippen MR) is 210 cm³/mol. The second-order valence-corrected chi connectivity index (χ2v) is 17.1. The van der Waals surface area contributed by atoms with Crippen LogP contribution < -0.4 is 0 Å². The lowest BCUT2D eigenvalue weighted by Crippen LogP contribution is -2.36. The highest BCUT2D eigenvalue weighted by molar-refractivity contribution is 7.92. The molecule has 9 rings (SSSR count). The Morgan fingerprint density at radius 3 is 0.870 bits per heavy atom. The molecule has 4 nitrogen and oxygen atoms in total. The fourth-order valence-electron chi connectivity index (χ4n) is 7.95. The van der Waals surface area contributed by atoms with Gasteiger partial charge in [-0.1, -0.05) is 157 Å². The van der Waals surface area contributed by atoms with E-state index in [0.29, 0.717) is 22.3 Å². The molecule has 0 unspecified atom stereocenters. The van der Waals surface area contributed by atoms with Crippen LogP contribution in [-0.4, -0.2) is 16.8 Å². The van der Waals surface area contributed by atoms with Gasteiger partial charge in [-0.05, 0) is 81.9 Å². The highest BCUT2D eigenvalue weighted by Gasteiger charge is 2.49. The smallest absolute Gasteiger partial charge is 0.207 e. The number of hydrogen-bond acceptors (Lipinski definition) is 4. The van der Waals surface area contributed by atoms with E-state index in [1.165, 1.54) is 0 Å². The van der Waals surface area contributed by atoms with Gasteiger partial charge in [-0.3, -0.25) is 0 Å². The van der Waals surface area contributed by atoms with Gasteiger partial charge in [0.2, 0.25) is 19.7 Å². The maximum atomic E-state index is 14.2. The second-order valence-electron chi connectivity index (χ2n) is 13.3. The third kappa shape index (κ3) is 4.92. The van der Waals surface area contributed by atoms with Crippen LogP contribution in [0.1, 0.15) is 44.5 Å². The summed E-state index contributed by atoms with van der Waals surface area (Å²) in [5.41, 5.74) is 3.03. The van der Waals surface area contributed by atoms with Gasteiger partial charge in [0, 0.05) is 11.1 Å². The van der Waals surface area contributed by atoms with E-state index in [2.05, 4.69) is 23.7 Å². The fraction of sp³-hybridized carbons (Fsp3) is 0.0417. The van der Waals surface area contributed by atoms with Crippen LogP contribution in [0.3, 0.4) is 0 Å². The van der Waals surface area contributed by atoms with Crippen molar-refractivity contribution in [3.8, 4) is 23.7 Å². The zero-order chi connectivity index (χ0) is 37.0. The Balaban J connectivity index is 1.35. The molecule has 0 saturated carbocycles. The molecule has 0 aromatic heterocycles. The molecule has 7 aromatic rings. The molecular weight excluding hydrogens is 705 g/mol. The molecule has 0 N–H and O–H groups in total. The summed E-state index contributed by atoms with van der Waals surface area (Å²) < 4.78 is 56.6. The SMILES string of the molecule is O=S1(=O)c2ccccc2C(C#Cc2ccccc2)(c2ccc(C3(C#Cc4ccccc4)c4ccccc4S(=O)(=O)c4ccccc43)cc2)c2ccccc21. The first kappa shape index (κ1) is 33.4. The number of hydrogen-bond donors (Lipinski definition) is 0. The summed E-state index contributed by atoms with van der Waals surface area (Å²) in [6.45, 7) is 0. The summed E-state index contributed by atoms with van der Waals surface area (Å²) in [5.74, 6) is 14.0. The van der Waals surface area contributed by atoms with E-state index in [1.54, 1.807) is 48.5 Å². The molecule has 0 spiro atoms. The van der Waals surface area contributed by atoms with E-state index in [1.807, 2.05) is 133 Å². The highest BCUT2D eigenvalue weighted by Crippen LogP contribution is 2.52. The first-order valence-corrected chi connectivity index (χ1v) is 20.4. The molecule has 2 aliphatic heterocycles. The van der Waals surface area contributed by atoms with Crippen LogP contribution in [0.25, 0.3) is 0 Å². The van der Waals surface area contributed by atoms with Crippen LogP contribution >= 0.6 is 0 Å². The average Bonchev–Trinajstić information content (AvgIpc) is 3.22. The molecule has 54 heavy (non-hydrogen) atoms. The summed E-state index contributed by atoms with van der Waals surface area (Å²) in [4.78, 5) is 0.836. The summed E-state index contributed by atoms with van der Waals surface area (Å²) >= 11 is 0. The molecule has 0 amide bonds. The molecule has 0 bridgehead atoms. The van der Waals surface area contributed by atoms with Crippen LogP contribution in [0.5, 0.6) is 0 Å². The maximum Gasteiger partial charge on any atom is 0.207 e. The van der Waals surface area contributed by atoms with Gasteiger partial charge < -0.3 is 0 Å². The van der Waals surface area contributed by atoms with Crippen molar-refractivity contribution in [2.75, 3.05) is 0 Å². The lowest BCUT2D eigenvalue weighted by atomic mass is 9.66. The van der Waals surface area contributed by atoms with E-state index < -0.39 is 30.5 Å². The number of fused-ring (bicyclic) bond motifs is 4. The first-order valence-electron chi connectivity index (χ1n) is 17.4. The zero-order valence-electron chi connectivity index (χ0n) is 28.8. The first-order chi connectivity index (χ1) is 26.3. The normalized spacial score (nSPS) is 16.0. The summed E-state index contributed by atoms with van der Waals surface area (Å²) in [5, 5.41) is 0. The van der Waals surface area contributed by atoms with Crippen LogP contribution in [0.2, 0.25) is 0 Å². The van der Waals surface area contributed by atoms with Crippen molar-refractivity contribution in [3.05, 3.63) is 226 Å². The van der Waals surface area contributed by atoms with Gasteiger partial charge in [0.05, 0.1) is 19.6 Å². The Hall–Kier alpha value is -6.44. The number of benzene rings is 7. The lowest BCUT2D eigenvalue weighted by Gasteiger charge is -2.39. The summed E-state index contributed by atoms with van der Waals surface area (Å²) in [6, 6.07) is 55.6. The molecule has 0 atom stereocenters. The van der Waals surface area contributed by atoms with Crippen molar-refractivity contribution in [2.45, 2.75) is 30.4 Å². The van der Waals surface area contributed by atoms with Crippen molar-refractivity contribution >= 4 is 19.7 Å². The lowest BCUT2D eigenvalue weighted by molar-refractivity contribution is 0.581. The summed E-state index contributed by atoms with van der Waals surface area (Å²) in [6.07, 6.45) is 0. The molecule has 2 aliphatic rings. The Bertz CT molecular complexity index is 2650. The molecule has 0 fully saturated rings. The van der Waals surface area contributed by atoms with Crippen molar-refractivity contribution < 1.29 is 16.8 Å². The minimum atomic E-state index is -3.85. The topological polar surface area (TPSA) is 68.3 Å². The van der Waals surface area contributed by atoms with Crippen molar-refractivity contribution in [1.29, 1.82) is 0 Å². The summed E-state index contributed by atoms with van der Waals surface area (Å²) in [7, 11) is -7.71. The minimum Gasteiger partial charge on any atom is -0.218 e. The molecule has 0 radical (unpaired) electrons. The van der Waals surface area contributed by atoms with Crippen molar-refractivity contribution in [1.82, 2.24) is 0 Å². The second kappa shape index (κ2) is 12.6. The zero-order valence-corrected chi connectivity index (χ0v) is 30.4. The van der Waals surface area contributed by atoms with Gasteiger partial charge >= 0.3 is 0 Å². The van der Waals surface area contributed by atoms with Gasteiger partial charge in [0.1, 0.15) is 10.8 Å². The Kier molecular flexibility index (Phi) is 7.80. The fourth-order valence-corrected chi connectivity index (χ4v) is 11.5. The molecular formula is C48H30O4S2. The number of rotatable bonds is 2. The van der Waals surface area contributed by atoms with Gasteiger partial charge in [0.15, 0.2) is 0 Å². The quantitative estimate of drug-likeness (QED) is 0.167. The van der Waals surface area contributed by atoms with E-state index in [4.69, 9.17) is 0 Å². The van der Waals surface area contributed by atoms with Crippen LogP contribution in [0, 0.1) is 23.7 Å². The standard InChI is InChI=1S/C48H30O4S2/c49-53(50)43-23-11-7-19-39(43)47(40-20-8-12-24-44(40)53,33-31-35-15-3-1-4-16-35)37-27-29-38(30-28-37)48(34-32-36-17-5-2-6-18-36)41-21-9-13-25-45(41)54(51,52)46-26-14-10-22-42(46)48/h1-30H. The van der Waals surface area contributed by atoms with Crippen LogP contribution in [-0.2, 0) is 30.5 Å². The predicted octanol–water partition coefficient (Wildman–Crippen LogP) is 8.75. The van der Waals surface area contributed by atoms with Crippen molar-refractivity contribution in [2.24, 2.45) is 0 Å². The highest BCUT2D eigenvalue weighted by atomic mass is 32.2. The van der Waals surface area contributed by atoms with E-state index in [9.17, 15) is 16.8 Å². The van der Waals surface area contributed by atoms with Crippen LogP contribution in [0.15, 0.2) is 202 Å². The van der Waals surface area contributed by atoms with E-state index >= 15 is 0 Å². The molecule has 0 saturated heterocycles. The average molecular weight is 735 g/mol. The molecule has 6 heteroatoms. The Labute approximate surface area is 315 Å². The van der Waals surface area contributed by atoms with Gasteiger partial charge in [-0.15, -0.1) is 0 Å². The van der Waals surface area contributed by atoms with Gasteiger partial charge in [0.25, 0.3) is 0 Å². The third-order valence-corrected chi connectivity index (χ3v) is 14.1.